The number of likely N-dealkylation sites (tertiary alicyclic amines) is 1. The van der Waals surface area contributed by atoms with Gasteiger partial charge in [0.2, 0.25) is 11.8 Å². The van der Waals surface area contributed by atoms with Crippen molar-refractivity contribution in [1.82, 2.24) is 20.4 Å². The molecule has 2 aliphatic heterocycles. The fourth-order valence-electron chi connectivity index (χ4n) is 3.38. The Balaban J connectivity index is 1.45. The van der Waals surface area contributed by atoms with Crippen molar-refractivity contribution in [2.24, 2.45) is 5.92 Å². The average Bonchev–Trinajstić information content (AvgIpc) is 3.22. The van der Waals surface area contributed by atoms with Crippen molar-refractivity contribution < 1.29 is 14.4 Å². The average molecular weight is 358 g/mol. The van der Waals surface area contributed by atoms with E-state index in [1.807, 2.05) is 12.1 Å². The maximum absolute atomic E-state index is 12.3. The molecule has 4 amide bonds. The molecule has 7 nitrogen and oxygen atoms in total. The van der Waals surface area contributed by atoms with E-state index in [2.05, 4.69) is 29.7 Å². The number of carbonyl (C=O) groups excluding carboxylic acids is 3. The van der Waals surface area contributed by atoms with Gasteiger partial charge in [-0.25, -0.2) is 4.79 Å². The first kappa shape index (κ1) is 18.2. The van der Waals surface area contributed by atoms with Gasteiger partial charge in [0, 0.05) is 45.7 Å². The van der Waals surface area contributed by atoms with E-state index < -0.39 is 0 Å². The van der Waals surface area contributed by atoms with Crippen LogP contribution in [0.15, 0.2) is 24.3 Å². The Hall–Kier alpha value is -2.57. The van der Waals surface area contributed by atoms with Crippen molar-refractivity contribution >= 4 is 17.8 Å². The molecule has 2 heterocycles. The highest BCUT2D eigenvalue weighted by Crippen LogP contribution is 2.20. The molecule has 0 saturated carbocycles. The van der Waals surface area contributed by atoms with Crippen LogP contribution in [0.1, 0.15) is 24.5 Å². The number of carbonyl (C=O) groups is 3. The molecule has 2 fully saturated rings. The number of nitrogens with one attached hydrogen (secondary N) is 2. The number of urea groups is 1. The molecule has 7 heteroatoms. The molecule has 1 atom stereocenters. The van der Waals surface area contributed by atoms with Gasteiger partial charge < -0.3 is 20.4 Å². The van der Waals surface area contributed by atoms with E-state index in [1.54, 1.807) is 9.80 Å². The van der Waals surface area contributed by atoms with Gasteiger partial charge in [-0.2, -0.15) is 0 Å². The molecule has 1 unspecified atom stereocenters. The number of rotatable bonds is 7. The fourth-order valence-corrected chi connectivity index (χ4v) is 3.38. The molecule has 0 spiro atoms. The highest BCUT2D eigenvalue weighted by atomic mass is 16.2. The summed E-state index contributed by atoms with van der Waals surface area (Å²) in [6.07, 6.45) is 1.24. The lowest BCUT2D eigenvalue weighted by atomic mass is 10.1. The van der Waals surface area contributed by atoms with Gasteiger partial charge in [-0.15, -0.1) is 0 Å². The van der Waals surface area contributed by atoms with Crippen LogP contribution in [-0.2, 0) is 22.6 Å². The third-order valence-electron chi connectivity index (χ3n) is 5.02. The van der Waals surface area contributed by atoms with E-state index in [1.165, 1.54) is 5.56 Å². The number of hydrogen-bond donors (Lipinski definition) is 2. The van der Waals surface area contributed by atoms with Gasteiger partial charge in [-0.1, -0.05) is 31.2 Å². The Bertz CT molecular complexity index is 674. The van der Waals surface area contributed by atoms with Crippen LogP contribution in [0.25, 0.3) is 0 Å². The summed E-state index contributed by atoms with van der Waals surface area (Å²) >= 11 is 0. The van der Waals surface area contributed by atoms with E-state index >= 15 is 0 Å². The highest BCUT2D eigenvalue weighted by molar-refractivity contribution is 5.89. The van der Waals surface area contributed by atoms with Crippen LogP contribution in [0.3, 0.4) is 0 Å². The van der Waals surface area contributed by atoms with Crippen LogP contribution >= 0.6 is 0 Å². The predicted molar refractivity (Wildman–Crippen MR) is 97.3 cm³/mol. The monoisotopic (exact) mass is 358 g/mol. The molecule has 2 N–H and O–H groups in total. The molecular weight excluding hydrogens is 332 g/mol. The number of aryl methyl sites for hydroxylation is 1. The molecule has 0 bridgehead atoms. The lowest BCUT2D eigenvalue weighted by Gasteiger charge is -2.18. The van der Waals surface area contributed by atoms with E-state index in [4.69, 9.17) is 0 Å². The minimum atomic E-state index is -0.315. The summed E-state index contributed by atoms with van der Waals surface area (Å²) in [4.78, 5) is 39.4. The van der Waals surface area contributed by atoms with Crippen LogP contribution < -0.4 is 10.6 Å². The van der Waals surface area contributed by atoms with Gasteiger partial charge in [-0.05, 0) is 17.5 Å². The van der Waals surface area contributed by atoms with E-state index in [0.717, 1.165) is 12.0 Å². The second-order valence-corrected chi connectivity index (χ2v) is 6.86. The maximum Gasteiger partial charge on any atom is 0.317 e. The molecule has 2 aliphatic rings. The van der Waals surface area contributed by atoms with Crippen molar-refractivity contribution in [1.29, 1.82) is 0 Å². The molecule has 0 aromatic heterocycles. The molecular formula is C19H26N4O3. The Morgan fingerprint density at radius 3 is 2.58 bits per heavy atom. The van der Waals surface area contributed by atoms with Gasteiger partial charge in [0.25, 0.3) is 0 Å². The maximum atomic E-state index is 12.3. The first-order valence-electron chi connectivity index (χ1n) is 9.23. The summed E-state index contributed by atoms with van der Waals surface area (Å²) in [5, 5.41) is 5.58. The third-order valence-corrected chi connectivity index (χ3v) is 5.02. The number of hydrogen-bond acceptors (Lipinski definition) is 3. The summed E-state index contributed by atoms with van der Waals surface area (Å²) < 4.78 is 0. The molecule has 0 aliphatic carbocycles. The Morgan fingerprint density at radius 1 is 1.19 bits per heavy atom. The third kappa shape index (κ3) is 4.33. The Labute approximate surface area is 153 Å². The Morgan fingerprint density at radius 2 is 1.92 bits per heavy atom. The Kier molecular flexibility index (Phi) is 5.75. The highest BCUT2D eigenvalue weighted by Gasteiger charge is 2.34. The molecule has 0 radical (unpaired) electrons. The molecule has 1 aromatic carbocycles. The number of nitrogens with zero attached hydrogens (tertiary/aromatic N) is 2. The van der Waals surface area contributed by atoms with Crippen LogP contribution in [0, 0.1) is 5.92 Å². The van der Waals surface area contributed by atoms with Crippen molar-refractivity contribution in [3.05, 3.63) is 35.4 Å². The van der Waals surface area contributed by atoms with E-state index in [9.17, 15) is 14.4 Å². The topological polar surface area (TPSA) is 81.8 Å². The smallest absolute Gasteiger partial charge is 0.317 e. The number of benzene rings is 1. The quantitative estimate of drug-likeness (QED) is 0.754. The van der Waals surface area contributed by atoms with Crippen molar-refractivity contribution in [3.8, 4) is 0 Å². The number of amides is 4. The van der Waals surface area contributed by atoms with Crippen LogP contribution in [0.5, 0.6) is 0 Å². The van der Waals surface area contributed by atoms with Gasteiger partial charge in [0.05, 0.1) is 5.92 Å². The zero-order chi connectivity index (χ0) is 18.5. The molecule has 2 saturated heterocycles. The first-order valence-corrected chi connectivity index (χ1v) is 9.23. The second-order valence-electron chi connectivity index (χ2n) is 6.86. The minimum Gasteiger partial charge on any atom is -0.354 e. The second kappa shape index (κ2) is 8.21. The summed E-state index contributed by atoms with van der Waals surface area (Å²) in [6, 6.07) is 8.15. The zero-order valence-electron chi connectivity index (χ0n) is 15.2. The summed E-state index contributed by atoms with van der Waals surface area (Å²) in [5.41, 5.74) is 2.35. The van der Waals surface area contributed by atoms with Crippen LogP contribution in [-0.4, -0.2) is 60.4 Å². The zero-order valence-corrected chi connectivity index (χ0v) is 15.2. The molecule has 26 heavy (non-hydrogen) atoms. The van der Waals surface area contributed by atoms with Crippen LogP contribution in [0.4, 0.5) is 4.79 Å². The van der Waals surface area contributed by atoms with Gasteiger partial charge >= 0.3 is 6.03 Å². The molecule has 3 rings (SSSR count). The SMILES string of the molecule is CCc1ccc(CN2CC(C(=O)NCCN3CCNC3=O)CC2=O)cc1. The molecule has 1 aromatic rings. The fraction of sp³-hybridized carbons (Fsp3) is 0.526. The largest absolute Gasteiger partial charge is 0.354 e. The minimum absolute atomic E-state index is 0.0173. The van der Waals surface area contributed by atoms with Crippen molar-refractivity contribution in [3.63, 3.8) is 0 Å². The van der Waals surface area contributed by atoms with Crippen molar-refractivity contribution in [2.75, 3.05) is 32.7 Å². The molecule has 140 valence electrons. The summed E-state index contributed by atoms with van der Waals surface area (Å²) in [7, 11) is 0. The summed E-state index contributed by atoms with van der Waals surface area (Å²) in [6.45, 7) is 5.32. The van der Waals surface area contributed by atoms with Gasteiger partial charge in [-0.3, -0.25) is 9.59 Å². The normalized spacial score (nSPS) is 19.8. The van der Waals surface area contributed by atoms with E-state index in [0.29, 0.717) is 39.3 Å². The van der Waals surface area contributed by atoms with Gasteiger partial charge in [0.1, 0.15) is 0 Å². The lowest BCUT2D eigenvalue weighted by Crippen LogP contribution is -2.39. The predicted octanol–water partition coefficient (Wildman–Crippen LogP) is 0.739. The first-order chi connectivity index (χ1) is 12.6. The standard InChI is InChI=1S/C19H26N4O3/c1-2-14-3-5-15(6-4-14)12-23-13-16(11-17(23)24)18(25)20-7-9-22-10-8-21-19(22)26/h3-6,16H,2,7-13H2,1H3,(H,20,25)(H,21,26). The summed E-state index contributed by atoms with van der Waals surface area (Å²) in [5.74, 6) is -0.407. The van der Waals surface area contributed by atoms with Crippen molar-refractivity contribution in [2.45, 2.75) is 26.3 Å². The lowest BCUT2D eigenvalue weighted by molar-refractivity contribution is -0.129. The van der Waals surface area contributed by atoms with E-state index in [-0.39, 0.29) is 30.2 Å². The van der Waals surface area contributed by atoms with Crippen LogP contribution in [0.2, 0.25) is 0 Å². The van der Waals surface area contributed by atoms with Gasteiger partial charge in [0.15, 0.2) is 0 Å².